The maximum atomic E-state index is 12.1. The first-order valence-corrected chi connectivity index (χ1v) is 9.49. The smallest absolute Gasteiger partial charge is 0.234 e. The Balaban J connectivity index is 1.68. The van der Waals surface area contributed by atoms with Gasteiger partial charge in [0.25, 0.3) is 0 Å². The van der Waals surface area contributed by atoms with E-state index >= 15 is 0 Å². The Morgan fingerprint density at radius 2 is 1.76 bits per heavy atom. The lowest BCUT2D eigenvalue weighted by Crippen LogP contribution is -2.16. The van der Waals surface area contributed by atoms with Gasteiger partial charge in [0.1, 0.15) is 11.5 Å². The monoisotopic (exact) mass is 359 g/mol. The molecule has 25 heavy (non-hydrogen) atoms. The van der Waals surface area contributed by atoms with E-state index in [4.69, 9.17) is 9.47 Å². The van der Waals surface area contributed by atoms with Crippen LogP contribution < -0.4 is 14.8 Å². The lowest BCUT2D eigenvalue weighted by molar-refractivity contribution is -0.113. The fourth-order valence-corrected chi connectivity index (χ4v) is 2.96. The fourth-order valence-electron chi connectivity index (χ4n) is 2.36. The van der Waals surface area contributed by atoms with Crippen LogP contribution in [0, 0.1) is 0 Å². The van der Waals surface area contributed by atoms with Crippen LogP contribution in [0.2, 0.25) is 0 Å². The minimum atomic E-state index is 0.0162. The van der Waals surface area contributed by atoms with Crippen LogP contribution in [0.4, 0.5) is 5.69 Å². The molecule has 1 amide bonds. The van der Waals surface area contributed by atoms with Gasteiger partial charge in [-0.15, -0.1) is 11.8 Å². The Bertz CT molecular complexity index is 671. The summed E-state index contributed by atoms with van der Waals surface area (Å²) in [4.78, 5) is 12.1. The van der Waals surface area contributed by atoms with Crippen LogP contribution >= 0.6 is 11.8 Å². The van der Waals surface area contributed by atoms with Crippen molar-refractivity contribution in [2.75, 3.05) is 30.5 Å². The molecule has 0 atom stereocenters. The van der Waals surface area contributed by atoms with Gasteiger partial charge in [-0.1, -0.05) is 32.0 Å². The second kappa shape index (κ2) is 9.99. The zero-order chi connectivity index (χ0) is 18.1. The Hall–Kier alpha value is -2.14. The van der Waals surface area contributed by atoms with Gasteiger partial charge in [0.2, 0.25) is 5.91 Å². The topological polar surface area (TPSA) is 47.6 Å². The molecule has 4 nitrogen and oxygen atoms in total. The highest BCUT2D eigenvalue weighted by Gasteiger charge is 2.09. The van der Waals surface area contributed by atoms with Crippen molar-refractivity contribution in [3.05, 3.63) is 54.1 Å². The third-order valence-electron chi connectivity index (χ3n) is 3.65. The van der Waals surface area contributed by atoms with Crippen LogP contribution in [0.3, 0.4) is 0 Å². The molecule has 5 heteroatoms. The van der Waals surface area contributed by atoms with Gasteiger partial charge in [-0.25, -0.2) is 0 Å². The number of thioether (sulfide) groups is 1. The van der Waals surface area contributed by atoms with E-state index in [1.807, 2.05) is 42.5 Å². The van der Waals surface area contributed by atoms with Crippen molar-refractivity contribution in [1.82, 2.24) is 0 Å². The van der Waals surface area contributed by atoms with Gasteiger partial charge in [0.15, 0.2) is 0 Å². The predicted molar refractivity (Wildman–Crippen MR) is 105 cm³/mol. The minimum Gasteiger partial charge on any atom is -0.497 e. The number of rotatable bonds is 9. The van der Waals surface area contributed by atoms with Crippen LogP contribution in [-0.2, 0) is 4.79 Å². The summed E-state index contributed by atoms with van der Waals surface area (Å²) in [5.74, 6) is 3.17. The number of ether oxygens (including phenoxy) is 2. The quantitative estimate of drug-likeness (QED) is 0.666. The highest BCUT2D eigenvalue weighted by molar-refractivity contribution is 7.99. The molecule has 0 spiro atoms. The molecule has 2 rings (SSSR count). The van der Waals surface area contributed by atoms with Crippen LogP contribution in [0.15, 0.2) is 48.5 Å². The van der Waals surface area contributed by atoms with Gasteiger partial charge >= 0.3 is 0 Å². The number of amides is 1. The molecule has 0 aliphatic heterocycles. The molecule has 1 N–H and O–H groups in total. The lowest BCUT2D eigenvalue weighted by Gasteiger charge is -2.13. The molecular weight excluding hydrogens is 334 g/mol. The average Bonchev–Trinajstić information content (AvgIpc) is 2.62. The van der Waals surface area contributed by atoms with Crippen molar-refractivity contribution in [2.45, 2.75) is 19.8 Å². The SMILES string of the molecule is COc1ccc(OCCSCC(=O)Nc2ccccc2C(C)C)cc1. The Morgan fingerprint density at radius 3 is 2.44 bits per heavy atom. The minimum absolute atomic E-state index is 0.0162. The third kappa shape index (κ3) is 6.35. The highest BCUT2D eigenvalue weighted by atomic mass is 32.2. The molecule has 0 aliphatic carbocycles. The second-order valence-electron chi connectivity index (χ2n) is 5.87. The largest absolute Gasteiger partial charge is 0.497 e. The van der Waals surface area contributed by atoms with Crippen molar-refractivity contribution in [2.24, 2.45) is 0 Å². The average molecular weight is 359 g/mol. The number of methoxy groups -OCH3 is 1. The van der Waals surface area contributed by atoms with Crippen molar-refractivity contribution in [3.8, 4) is 11.5 Å². The number of carbonyl (C=O) groups excluding carboxylic acids is 1. The summed E-state index contributed by atoms with van der Waals surface area (Å²) in [6.07, 6.45) is 0. The summed E-state index contributed by atoms with van der Waals surface area (Å²) >= 11 is 1.56. The van der Waals surface area contributed by atoms with Gasteiger partial charge in [-0.2, -0.15) is 0 Å². The van der Waals surface area contributed by atoms with E-state index in [1.165, 1.54) is 0 Å². The van der Waals surface area contributed by atoms with Crippen LogP contribution in [0.5, 0.6) is 11.5 Å². The van der Waals surface area contributed by atoms with Crippen molar-refractivity contribution in [3.63, 3.8) is 0 Å². The van der Waals surface area contributed by atoms with E-state index in [0.717, 1.165) is 28.5 Å². The number of anilines is 1. The van der Waals surface area contributed by atoms with Gasteiger partial charge in [-0.3, -0.25) is 4.79 Å². The van der Waals surface area contributed by atoms with Crippen LogP contribution in [-0.4, -0.2) is 31.1 Å². The molecule has 134 valence electrons. The van der Waals surface area contributed by atoms with E-state index in [1.54, 1.807) is 18.9 Å². The molecule has 0 unspecified atom stereocenters. The molecule has 2 aromatic carbocycles. The molecule has 0 radical (unpaired) electrons. The summed E-state index contributed by atoms with van der Waals surface area (Å²) in [5, 5.41) is 3.00. The van der Waals surface area contributed by atoms with Gasteiger partial charge in [0, 0.05) is 11.4 Å². The van der Waals surface area contributed by atoms with Crippen LogP contribution in [0.25, 0.3) is 0 Å². The van der Waals surface area contributed by atoms with E-state index in [2.05, 4.69) is 25.2 Å². The lowest BCUT2D eigenvalue weighted by atomic mass is 10.0. The molecule has 0 aromatic heterocycles. The molecular formula is C20H25NO3S. The fraction of sp³-hybridized carbons (Fsp3) is 0.350. The molecule has 0 fully saturated rings. The number of hydrogen-bond donors (Lipinski definition) is 1. The summed E-state index contributed by atoms with van der Waals surface area (Å²) in [5.41, 5.74) is 2.06. The van der Waals surface area contributed by atoms with Crippen molar-refractivity contribution in [1.29, 1.82) is 0 Å². The number of carbonyl (C=O) groups is 1. The second-order valence-corrected chi connectivity index (χ2v) is 6.97. The Labute approximate surface area is 153 Å². The number of para-hydroxylation sites is 1. The summed E-state index contributed by atoms with van der Waals surface area (Å²) < 4.78 is 10.8. The Kier molecular flexibility index (Phi) is 7.67. The highest BCUT2D eigenvalue weighted by Crippen LogP contribution is 2.23. The normalized spacial score (nSPS) is 10.6. The first-order valence-electron chi connectivity index (χ1n) is 8.33. The zero-order valence-corrected chi connectivity index (χ0v) is 15.8. The van der Waals surface area contributed by atoms with Gasteiger partial charge in [-0.05, 0) is 41.8 Å². The Morgan fingerprint density at radius 1 is 1.08 bits per heavy atom. The van der Waals surface area contributed by atoms with E-state index in [9.17, 15) is 4.79 Å². The maximum absolute atomic E-state index is 12.1. The molecule has 0 bridgehead atoms. The van der Waals surface area contributed by atoms with Crippen LogP contribution in [0.1, 0.15) is 25.3 Å². The third-order valence-corrected chi connectivity index (χ3v) is 4.57. The molecule has 0 heterocycles. The van der Waals surface area contributed by atoms with E-state index in [0.29, 0.717) is 18.3 Å². The molecule has 2 aromatic rings. The number of benzene rings is 2. The summed E-state index contributed by atoms with van der Waals surface area (Å²) in [7, 11) is 1.64. The van der Waals surface area contributed by atoms with Gasteiger partial charge in [0.05, 0.1) is 19.5 Å². The van der Waals surface area contributed by atoms with E-state index in [-0.39, 0.29) is 5.91 Å². The summed E-state index contributed by atoms with van der Waals surface area (Å²) in [6.45, 7) is 4.80. The zero-order valence-electron chi connectivity index (χ0n) is 15.0. The summed E-state index contributed by atoms with van der Waals surface area (Å²) in [6, 6.07) is 15.4. The molecule has 0 saturated carbocycles. The predicted octanol–water partition coefficient (Wildman–Crippen LogP) is 4.57. The van der Waals surface area contributed by atoms with Crippen molar-refractivity contribution < 1.29 is 14.3 Å². The first kappa shape index (κ1) is 19.2. The molecule has 0 aliphatic rings. The number of nitrogens with one attached hydrogen (secondary N) is 1. The maximum Gasteiger partial charge on any atom is 0.234 e. The standard InChI is InChI=1S/C20H25NO3S/c1-15(2)18-6-4-5-7-19(18)21-20(22)14-25-13-12-24-17-10-8-16(23-3)9-11-17/h4-11,15H,12-14H2,1-3H3,(H,21,22). The number of hydrogen-bond acceptors (Lipinski definition) is 4. The van der Waals surface area contributed by atoms with Crippen molar-refractivity contribution >= 4 is 23.4 Å². The van der Waals surface area contributed by atoms with Gasteiger partial charge < -0.3 is 14.8 Å². The van der Waals surface area contributed by atoms with E-state index < -0.39 is 0 Å². The molecule has 0 saturated heterocycles. The first-order chi connectivity index (χ1) is 12.1.